The molecule has 1 amide bonds. The fraction of sp³-hybridized carbons (Fsp3) is 0.538. The summed E-state index contributed by atoms with van der Waals surface area (Å²) in [5.74, 6) is -0.115. The summed E-state index contributed by atoms with van der Waals surface area (Å²) < 4.78 is 0.592. The number of carbonyl (C=O) groups is 2. The molecule has 0 bridgehead atoms. The standard InChI is InChI=1S/C13H22N2O2/c1-6-12(16)11(3)15(4,5)10-8-9-14-13(17)7-2/h6-7,11H,1-2,8-10H2,3-5H3/p+1. The van der Waals surface area contributed by atoms with Crippen molar-refractivity contribution < 1.29 is 14.1 Å². The zero-order chi connectivity index (χ0) is 13.5. The Kier molecular flexibility index (Phi) is 6.43. The van der Waals surface area contributed by atoms with Crippen molar-refractivity contribution in [2.75, 3.05) is 27.2 Å². The molecular weight excluding hydrogens is 216 g/mol. The van der Waals surface area contributed by atoms with E-state index in [1.807, 2.05) is 21.0 Å². The van der Waals surface area contributed by atoms with E-state index in [0.717, 1.165) is 13.0 Å². The van der Waals surface area contributed by atoms with E-state index in [4.69, 9.17) is 0 Å². The third-order valence-electron chi connectivity index (χ3n) is 3.06. The summed E-state index contributed by atoms with van der Waals surface area (Å²) in [7, 11) is 4.00. The Labute approximate surface area is 104 Å². The fourth-order valence-corrected chi connectivity index (χ4v) is 1.48. The second-order valence-corrected chi connectivity index (χ2v) is 4.63. The van der Waals surface area contributed by atoms with Crippen molar-refractivity contribution in [3.05, 3.63) is 25.3 Å². The van der Waals surface area contributed by atoms with Crippen molar-refractivity contribution >= 4 is 11.7 Å². The van der Waals surface area contributed by atoms with E-state index >= 15 is 0 Å². The number of rotatable bonds is 8. The minimum Gasteiger partial charge on any atom is -0.352 e. The molecule has 4 nitrogen and oxygen atoms in total. The van der Waals surface area contributed by atoms with Crippen molar-refractivity contribution in [1.29, 1.82) is 0 Å². The minimum absolute atomic E-state index is 0.0464. The van der Waals surface area contributed by atoms with Crippen molar-refractivity contribution in [1.82, 2.24) is 5.32 Å². The largest absolute Gasteiger partial charge is 0.352 e. The summed E-state index contributed by atoms with van der Waals surface area (Å²) >= 11 is 0. The quantitative estimate of drug-likeness (QED) is 0.388. The highest BCUT2D eigenvalue weighted by Gasteiger charge is 2.27. The molecule has 0 aliphatic carbocycles. The van der Waals surface area contributed by atoms with Crippen molar-refractivity contribution in [3.8, 4) is 0 Å². The van der Waals surface area contributed by atoms with Gasteiger partial charge in [-0.05, 0) is 19.1 Å². The Balaban J connectivity index is 4.09. The molecule has 0 aromatic rings. The summed E-state index contributed by atoms with van der Waals surface area (Å²) in [5.41, 5.74) is 0. The molecule has 0 aromatic heterocycles. The number of ketones is 1. The molecule has 1 N–H and O–H groups in total. The van der Waals surface area contributed by atoms with E-state index in [-0.39, 0.29) is 17.7 Å². The van der Waals surface area contributed by atoms with Gasteiger partial charge in [0.25, 0.3) is 0 Å². The molecule has 0 aliphatic heterocycles. The lowest BCUT2D eigenvalue weighted by Gasteiger charge is -2.34. The molecule has 0 spiro atoms. The SMILES string of the molecule is C=CC(=O)NCCC[N+](C)(C)C(C)C(=O)C=C. The Morgan fingerprint density at radius 3 is 2.35 bits per heavy atom. The lowest BCUT2D eigenvalue weighted by molar-refractivity contribution is -0.903. The number of nitrogens with one attached hydrogen (secondary N) is 1. The van der Waals surface area contributed by atoms with Gasteiger partial charge in [0.15, 0.2) is 0 Å². The molecule has 1 atom stereocenters. The van der Waals surface area contributed by atoms with Crippen molar-refractivity contribution in [2.45, 2.75) is 19.4 Å². The molecule has 4 heteroatoms. The molecular formula is C13H23N2O2+. The highest BCUT2D eigenvalue weighted by Crippen LogP contribution is 2.09. The van der Waals surface area contributed by atoms with Gasteiger partial charge in [0.2, 0.25) is 11.7 Å². The summed E-state index contributed by atoms with van der Waals surface area (Å²) in [6, 6.07) is -0.109. The Morgan fingerprint density at radius 1 is 1.29 bits per heavy atom. The molecule has 0 radical (unpaired) electrons. The van der Waals surface area contributed by atoms with Crippen LogP contribution < -0.4 is 5.32 Å². The van der Waals surface area contributed by atoms with Gasteiger partial charge in [-0.1, -0.05) is 13.2 Å². The molecule has 0 saturated heterocycles. The van der Waals surface area contributed by atoms with Gasteiger partial charge in [-0.3, -0.25) is 9.59 Å². The first-order valence-electron chi connectivity index (χ1n) is 5.74. The van der Waals surface area contributed by atoms with E-state index in [1.165, 1.54) is 12.2 Å². The second kappa shape index (κ2) is 7.01. The lowest BCUT2D eigenvalue weighted by Crippen LogP contribution is -2.51. The van der Waals surface area contributed by atoms with E-state index in [0.29, 0.717) is 11.0 Å². The van der Waals surface area contributed by atoms with Gasteiger partial charge < -0.3 is 9.80 Å². The Hall–Kier alpha value is -1.42. The van der Waals surface area contributed by atoms with Crippen LogP contribution in [0.5, 0.6) is 0 Å². The van der Waals surface area contributed by atoms with Gasteiger partial charge in [0.05, 0.1) is 20.6 Å². The maximum absolute atomic E-state index is 11.5. The summed E-state index contributed by atoms with van der Waals surface area (Å²) in [6.45, 7) is 10.2. The van der Waals surface area contributed by atoms with Crippen LogP contribution >= 0.6 is 0 Å². The fourth-order valence-electron chi connectivity index (χ4n) is 1.48. The average Bonchev–Trinajstić information content (AvgIpc) is 2.32. The maximum Gasteiger partial charge on any atom is 0.243 e. The molecule has 1 unspecified atom stereocenters. The third kappa shape index (κ3) is 5.45. The first-order chi connectivity index (χ1) is 7.85. The van der Waals surface area contributed by atoms with Crippen LogP contribution in [-0.2, 0) is 9.59 Å². The summed E-state index contributed by atoms with van der Waals surface area (Å²) in [6.07, 6.45) is 3.44. The van der Waals surface area contributed by atoms with Gasteiger partial charge >= 0.3 is 0 Å². The molecule has 0 aromatic carbocycles. The highest BCUT2D eigenvalue weighted by atomic mass is 16.1. The van der Waals surface area contributed by atoms with Gasteiger partial charge in [-0.15, -0.1) is 0 Å². The van der Waals surface area contributed by atoms with Gasteiger partial charge in [0, 0.05) is 13.0 Å². The number of nitrogens with zero attached hydrogens (tertiary/aromatic N) is 1. The smallest absolute Gasteiger partial charge is 0.243 e. The topological polar surface area (TPSA) is 46.2 Å². The number of hydrogen-bond acceptors (Lipinski definition) is 2. The van der Waals surface area contributed by atoms with Crippen LogP contribution in [-0.4, -0.2) is 49.4 Å². The zero-order valence-electron chi connectivity index (χ0n) is 11.0. The minimum atomic E-state index is -0.162. The first kappa shape index (κ1) is 15.6. The van der Waals surface area contributed by atoms with E-state index in [9.17, 15) is 9.59 Å². The maximum atomic E-state index is 11.5. The number of hydrogen-bond donors (Lipinski definition) is 1. The zero-order valence-corrected chi connectivity index (χ0v) is 11.0. The predicted molar refractivity (Wildman–Crippen MR) is 69.5 cm³/mol. The number of amides is 1. The van der Waals surface area contributed by atoms with Crippen molar-refractivity contribution in [2.24, 2.45) is 0 Å². The molecule has 0 fully saturated rings. The molecule has 96 valence electrons. The van der Waals surface area contributed by atoms with Crippen LogP contribution in [0.4, 0.5) is 0 Å². The van der Waals surface area contributed by atoms with Crippen LogP contribution in [0.2, 0.25) is 0 Å². The highest BCUT2D eigenvalue weighted by molar-refractivity contribution is 5.92. The van der Waals surface area contributed by atoms with Crippen LogP contribution in [0, 0.1) is 0 Å². The Bertz CT molecular complexity index is 309. The lowest BCUT2D eigenvalue weighted by atomic mass is 10.1. The molecule has 0 aliphatic rings. The monoisotopic (exact) mass is 239 g/mol. The molecule has 0 saturated carbocycles. The summed E-state index contributed by atoms with van der Waals surface area (Å²) in [5, 5.41) is 2.71. The Morgan fingerprint density at radius 2 is 1.88 bits per heavy atom. The normalized spacial score (nSPS) is 12.6. The van der Waals surface area contributed by atoms with E-state index < -0.39 is 0 Å². The van der Waals surface area contributed by atoms with E-state index in [1.54, 1.807) is 0 Å². The first-order valence-corrected chi connectivity index (χ1v) is 5.74. The number of carbonyl (C=O) groups excluding carboxylic acids is 2. The van der Waals surface area contributed by atoms with Crippen LogP contribution in [0.25, 0.3) is 0 Å². The van der Waals surface area contributed by atoms with Gasteiger partial charge in [-0.25, -0.2) is 0 Å². The molecule has 17 heavy (non-hydrogen) atoms. The van der Waals surface area contributed by atoms with Crippen LogP contribution in [0.1, 0.15) is 13.3 Å². The van der Waals surface area contributed by atoms with Gasteiger partial charge in [-0.2, -0.15) is 0 Å². The number of quaternary nitrogens is 1. The van der Waals surface area contributed by atoms with Crippen LogP contribution in [0.15, 0.2) is 25.3 Å². The summed E-state index contributed by atoms with van der Waals surface area (Å²) in [4.78, 5) is 22.5. The molecule has 0 heterocycles. The number of likely N-dealkylation sites (N-methyl/N-ethyl adjacent to an activating group) is 1. The second-order valence-electron chi connectivity index (χ2n) is 4.63. The van der Waals surface area contributed by atoms with Gasteiger partial charge in [0.1, 0.15) is 6.04 Å². The third-order valence-corrected chi connectivity index (χ3v) is 3.06. The average molecular weight is 239 g/mol. The van der Waals surface area contributed by atoms with Crippen LogP contribution in [0.3, 0.4) is 0 Å². The van der Waals surface area contributed by atoms with Crippen molar-refractivity contribution in [3.63, 3.8) is 0 Å². The predicted octanol–water partition coefficient (Wildman–Crippen LogP) is 0.899. The van der Waals surface area contributed by atoms with E-state index in [2.05, 4.69) is 18.5 Å². The molecule has 0 rings (SSSR count).